The van der Waals surface area contributed by atoms with E-state index in [9.17, 15) is 9.59 Å². The summed E-state index contributed by atoms with van der Waals surface area (Å²) in [6.45, 7) is 5.45. The molecule has 4 nitrogen and oxygen atoms in total. The van der Waals surface area contributed by atoms with E-state index in [1.807, 2.05) is 26.8 Å². The Labute approximate surface area is 113 Å². The molecule has 1 fully saturated rings. The summed E-state index contributed by atoms with van der Waals surface area (Å²) in [6, 6.07) is 5.33. The van der Waals surface area contributed by atoms with Crippen LogP contribution in [0.3, 0.4) is 0 Å². The third kappa shape index (κ3) is 3.81. The molecule has 0 radical (unpaired) electrons. The molecule has 1 N–H and O–H groups in total. The molecular formula is C15H19NO3. The Balaban J connectivity index is 2.11. The Morgan fingerprint density at radius 1 is 1.37 bits per heavy atom. The average Bonchev–Trinajstić information content (AvgIpc) is 3.09. The van der Waals surface area contributed by atoms with Gasteiger partial charge in [0.25, 0.3) is 0 Å². The van der Waals surface area contributed by atoms with Crippen molar-refractivity contribution >= 4 is 18.1 Å². The monoisotopic (exact) mass is 261 g/mol. The number of anilines is 1. The van der Waals surface area contributed by atoms with Gasteiger partial charge < -0.3 is 4.74 Å². The Hall–Kier alpha value is -1.84. The number of carbonyl (C=O) groups is 2. The summed E-state index contributed by atoms with van der Waals surface area (Å²) >= 11 is 0. The topological polar surface area (TPSA) is 55.4 Å². The molecule has 1 aliphatic carbocycles. The van der Waals surface area contributed by atoms with Crippen molar-refractivity contribution in [1.29, 1.82) is 0 Å². The van der Waals surface area contributed by atoms with Gasteiger partial charge in [0.15, 0.2) is 0 Å². The molecule has 0 spiro atoms. The molecule has 0 saturated heterocycles. The second-order valence-corrected chi connectivity index (χ2v) is 5.86. The summed E-state index contributed by atoms with van der Waals surface area (Å²) in [6.07, 6.45) is 2.60. The van der Waals surface area contributed by atoms with Gasteiger partial charge in [0.05, 0.1) is 0 Å². The van der Waals surface area contributed by atoms with Gasteiger partial charge in [-0.1, -0.05) is 0 Å². The van der Waals surface area contributed by atoms with E-state index >= 15 is 0 Å². The minimum atomic E-state index is -0.522. The predicted octanol–water partition coefficient (Wildman–Crippen LogP) is 3.72. The van der Waals surface area contributed by atoms with E-state index < -0.39 is 11.7 Å². The normalized spacial score (nSPS) is 14.9. The van der Waals surface area contributed by atoms with Crippen molar-refractivity contribution in [2.45, 2.75) is 45.1 Å². The zero-order valence-corrected chi connectivity index (χ0v) is 11.5. The van der Waals surface area contributed by atoms with E-state index in [2.05, 4.69) is 5.32 Å². The first-order valence-electron chi connectivity index (χ1n) is 6.48. The predicted molar refractivity (Wildman–Crippen MR) is 73.7 cm³/mol. The first-order chi connectivity index (χ1) is 8.89. The maximum absolute atomic E-state index is 11.7. The third-order valence-electron chi connectivity index (χ3n) is 2.88. The van der Waals surface area contributed by atoms with Crippen LogP contribution in [-0.2, 0) is 4.74 Å². The molecule has 1 saturated carbocycles. The van der Waals surface area contributed by atoms with E-state index in [-0.39, 0.29) is 0 Å². The molecule has 0 aromatic heterocycles. The van der Waals surface area contributed by atoms with Crippen molar-refractivity contribution in [3.63, 3.8) is 0 Å². The first kappa shape index (κ1) is 13.6. The summed E-state index contributed by atoms with van der Waals surface area (Å²) in [4.78, 5) is 22.6. The van der Waals surface area contributed by atoms with Gasteiger partial charge in [-0.2, -0.15) is 0 Å². The Bertz CT molecular complexity index is 499. The largest absolute Gasteiger partial charge is 0.444 e. The highest BCUT2D eigenvalue weighted by Crippen LogP contribution is 2.42. The second kappa shape index (κ2) is 5.03. The summed E-state index contributed by atoms with van der Waals surface area (Å²) < 4.78 is 5.19. The molecule has 1 aromatic carbocycles. The molecular weight excluding hydrogens is 242 g/mol. The van der Waals surface area contributed by atoms with Gasteiger partial charge in [0.1, 0.15) is 11.9 Å². The number of ether oxygens (including phenoxy) is 1. The molecule has 0 atom stereocenters. The lowest BCUT2D eigenvalue weighted by atomic mass is 10.0. The lowest BCUT2D eigenvalue weighted by Crippen LogP contribution is -2.27. The molecule has 4 heteroatoms. The van der Waals surface area contributed by atoms with Crippen LogP contribution in [0.2, 0.25) is 0 Å². The van der Waals surface area contributed by atoms with E-state index in [0.29, 0.717) is 17.2 Å². The van der Waals surface area contributed by atoms with Gasteiger partial charge in [0, 0.05) is 11.3 Å². The fourth-order valence-electron chi connectivity index (χ4n) is 1.93. The van der Waals surface area contributed by atoms with Crippen LogP contribution < -0.4 is 5.32 Å². The van der Waals surface area contributed by atoms with Crippen LogP contribution in [0.4, 0.5) is 10.5 Å². The number of benzene rings is 1. The Morgan fingerprint density at radius 3 is 2.58 bits per heavy atom. The van der Waals surface area contributed by atoms with Crippen molar-refractivity contribution in [2.75, 3.05) is 5.32 Å². The zero-order chi connectivity index (χ0) is 14.0. The van der Waals surface area contributed by atoms with Crippen molar-refractivity contribution in [1.82, 2.24) is 0 Å². The molecule has 0 unspecified atom stereocenters. The molecule has 0 aliphatic heterocycles. The number of carbonyl (C=O) groups excluding carboxylic acids is 2. The van der Waals surface area contributed by atoms with E-state index in [0.717, 1.165) is 24.7 Å². The molecule has 2 rings (SSSR count). The molecule has 0 heterocycles. The van der Waals surface area contributed by atoms with Gasteiger partial charge in [-0.15, -0.1) is 0 Å². The highest BCUT2D eigenvalue weighted by molar-refractivity contribution is 5.86. The zero-order valence-electron chi connectivity index (χ0n) is 11.5. The first-order valence-corrected chi connectivity index (χ1v) is 6.48. The Morgan fingerprint density at radius 2 is 2.05 bits per heavy atom. The van der Waals surface area contributed by atoms with Crippen LogP contribution in [-0.4, -0.2) is 18.0 Å². The molecule has 1 aliphatic rings. The number of amides is 1. The smallest absolute Gasteiger partial charge is 0.412 e. The summed E-state index contributed by atoms with van der Waals surface area (Å²) in [7, 11) is 0. The van der Waals surface area contributed by atoms with Gasteiger partial charge in [-0.3, -0.25) is 10.1 Å². The van der Waals surface area contributed by atoms with E-state index in [1.165, 1.54) is 0 Å². The Kier molecular flexibility index (Phi) is 3.60. The van der Waals surface area contributed by atoms with Crippen LogP contribution in [0.25, 0.3) is 0 Å². The number of aldehydes is 1. The van der Waals surface area contributed by atoms with Crippen LogP contribution >= 0.6 is 0 Å². The van der Waals surface area contributed by atoms with Crippen LogP contribution in [0.15, 0.2) is 18.2 Å². The van der Waals surface area contributed by atoms with Gasteiger partial charge >= 0.3 is 6.09 Å². The molecule has 19 heavy (non-hydrogen) atoms. The quantitative estimate of drug-likeness (QED) is 0.843. The van der Waals surface area contributed by atoms with Crippen molar-refractivity contribution in [3.05, 3.63) is 29.3 Å². The van der Waals surface area contributed by atoms with Gasteiger partial charge in [0.2, 0.25) is 0 Å². The maximum atomic E-state index is 11.7. The minimum absolute atomic E-state index is 0.459. The minimum Gasteiger partial charge on any atom is -0.444 e. The van der Waals surface area contributed by atoms with Gasteiger partial charge in [-0.05, 0) is 63.3 Å². The van der Waals surface area contributed by atoms with Gasteiger partial charge in [-0.25, -0.2) is 4.79 Å². The SMILES string of the molecule is CC(C)(C)OC(=O)Nc1ccc(C=O)c(C2CC2)c1. The summed E-state index contributed by atoms with van der Waals surface area (Å²) in [5.74, 6) is 0.459. The number of nitrogens with one attached hydrogen (secondary N) is 1. The fraction of sp³-hybridized carbons (Fsp3) is 0.467. The van der Waals surface area contributed by atoms with Crippen molar-refractivity contribution in [2.24, 2.45) is 0 Å². The van der Waals surface area contributed by atoms with Crippen molar-refractivity contribution < 1.29 is 14.3 Å². The number of hydrogen-bond donors (Lipinski definition) is 1. The second-order valence-electron chi connectivity index (χ2n) is 5.86. The molecule has 1 aromatic rings. The maximum Gasteiger partial charge on any atom is 0.412 e. The van der Waals surface area contributed by atoms with Crippen molar-refractivity contribution in [3.8, 4) is 0 Å². The molecule has 102 valence electrons. The highest BCUT2D eigenvalue weighted by Gasteiger charge is 2.26. The fourth-order valence-corrected chi connectivity index (χ4v) is 1.93. The number of rotatable bonds is 3. The van der Waals surface area contributed by atoms with Crippen LogP contribution in [0.1, 0.15) is 55.5 Å². The molecule has 1 amide bonds. The summed E-state index contributed by atoms with van der Waals surface area (Å²) in [5.41, 5.74) is 1.87. The van der Waals surface area contributed by atoms with E-state index in [1.54, 1.807) is 12.1 Å². The number of hydrogen-bond acceptors (Lipinski definition) is 3. The van der Waals surface area contributed by atoms with Crippen LogP contribution in [0, 0.1) is 0 Å². The van der Waals surface area contributed by atoms with Crippen LogP contribution in [0.5, 0.6) is 0 Å². The average molecular weight is 261 g/mol. The standard InChI is InChI=1S/C15H19NO3/c1-15(2,3)19-14(18)16-12-7-6-11(9-17)13(8-12)10-4-5-10/h6-10H,4-5H2,1-3H3,(H,16,18). The molecule has 0 bridgehead atoms. The van der Waals surface area contributed by atoms with E-state index in [4.69, 9.17) is 4.74 Å². The third-order valence-corrected chi connectivity index (χ3v) is 2.88. The highest BCUT2D eigenvalue weighted by atomic mass is 16.6. The summed E-state index contributed by atoms with van der Waals surface area (Å²) in [5, 5.41) is 2.70. The lowest BCUT2D eigenvalue weighted by Gasteiger charge is -2.20. The lowest BCUT2D eigenvalue weighted by molar-refractivity contribution is 0.0636.